The van der Waals surface area contributed by atoms with Gasteiger partial charge in [0.2, 0.25) is 0 Å². The van der Waals surface area contributed by atoms with Crippen molar-refractivity contribution in [3.8, 4) is 17.0 Å². The Labute approximate surface area is 194 Å². The fraction of sp³-hybridized carbons (Fsp3) is 0.269. The summed E-state index contributed by atoms with van der Waals surface area (Å²) in [6.45, 7) is 4.05. The number of ether oxygens (including phenoxy) is 1. The largest absolute Gasteiger partial charge is 0.492 e. The number of aromatic nitrogens is 1. The van der Waals surface area contributed by atoms with Crippen molar-refractivity contribution in [1.29, 1.82) is 0 Å². The Morgan fingerprint density at radius 3 is 2.39 bits per heavy atom. The molecule has 0 spiro atoms. The van der Waals surface area contributed by atoms with Gasteiger partial charge in [0.15, 0.2) is 0 Å². The number of piperazine rings is 1. The molecule has 7 heteroatoms. The van der Waals surface area contributed by atoms with E-state index in [2.05, 4.69) is 22.2 Å². The van der Waals surface area contributed by atoms with Gasteiger partial charge in [-0.15, -0.1) is 0 Å². The smallest absolute Gasteiger partial charge is 0.253 e. The highest BCUT2D eigenvalue weighted by atomic mass is 16.5. The first-order valence-electron chi connectivity index (χ1n) is 11.1. The van der Waals surface area contributed by atoms with Crippen molar-refractivity contribution < 1.29 is 14.3 Å². The highest BCUT2D eigenvalue weighted by Crippen LogP contribution is 2.20. The van der Waals surface area contributed by atoms with Gasteiger partial charge in [0.05, 0.1) is 12.2 Å². The second-order valence-electron chi connectivity index (χ2n) is 8.02. The molecule has 0 unspecified atom stereocenters. The molecule has 0 bridgehead atoms. The van der Waals surface area contributed by atoms with Crippen molar-refractivity contribution in [2.75, 3.05) is 46.4 Å². The van der Waals surface area contributed by atoms with Crippen LogP contribution in [0.15, 0.2) is 72.9 Å². The lowest BCUT2D eigenvalue weighted by atomic mass is 10.1. The minimum Gasteiger partial charge on any atom is -0.492 e. The highest BCUT2D eigenvalue weighted by molar-refractivity contribution is 5.96. The maximum absolute atomic E-state index is 12.7. The van der Waals surface area contributed by atoms with E-state index in [0.29, 0.717) is 30.0 Å². The SMILES string of the molecule is CN1CCN(C(=O)c2ccc(-c3cc(C(=O)NCCOc4ccccc4)ccn3)cc2)CC1. The van der Waals surface area contributed by atoms with Gasteiger partial charge in [-0.1, -0.05) is 30.3 Å². The highest BCUT2D eigenvalue weighted by Gasteiger charge is 2.20. The standard InChI is InChI=1S/C26H28N4O3/c1-29-14-16-30(17-15-29)26(32)21-9-7-20(8-10-21)24-19-22(11-12-27-24)25(31)28-13-18-33-23-5-3-2-4-6-23/h2-12,19H,13-18H2,1H3,(H,28,31). The van der Waals surface area contributed by atoms with E-state index in [1.165, 1.54) is 0 Å². The molecular formula is C26H28N4O3. The van der Waals surface area contributed by atoms with Crippen LogP contribution < -0.4 is 10.1 Å². The monoisotopic (exact) mass is 444 g/mol. The molecule has 1 fully saturated rings. The van der Waals surface area contributed by atoms with Crippen LogP contribution in [0.25, 0.3) is 11.3 Å². The zero-order valence-corrected chi connectivity index (χ0v) is 18.7. The summed E-state index contributed by atoms with van der Waals surface area (Å²) in [6.07, 6.45) is 1.62. The number of rotatable bonds is 7. The lowest BCUT2D eigenvalue weighted by Crippen LogP contribution is -2.47. The summed E-state index contributed by atoms with van der Waals surface area (Å²) in [6, 6.07) is 20.3. The average Bonchev–Trinajstić information content (AvgIpc) is 2.87. The molecule has 2 heterocycles. The fourth-order valence-corrected chi connectivity index (χ4v) is 3.66. The third-order valence-electron chi connectivity index (χ3n) is 5.64. The molecule has 170 valence electrons. The van der Waals surface area contributed by atoms with Crippen LogP contribution in [-0.4, -0.2) is 73.0 Å². The number of carbonyl (C=O) groups is 2. The molecular weight excluding hydrogens is 416 g/mol. The molecule has 4 rings (SSSR count). The number of nitrogens with one attached hydrogen (secondary N) is 1. The van der Waals surface area contributed by atoms with E-state index in [1.54, 1.807) is 18.3 Å². The molecule has 0 radical (unpaired) electrons. The molecule has 2 aromatic carbocycles. The van der Waals surface area contributed by atoms with Gasteiger partial charge in [-0.2, -0.15) is 0 Å². The molecule has 3 aromatic rings. The molecule has 1 aliphatic heterocycles. The number of likely N-dealkylation sites (N-methyl/N-ethyl adjacent to an activating group) is 1. The zero-order valence-electron chi connectivity index (χ0n) is 18.7. The molecule has 2 amide bonds. The third kappa shape index (κ3) is 5.96. The summed E-state index contributed by atoms with van der Waals surface area (Å²) in [5.74, 6) is 0.637. The minimum atomic E-state index is -0.183. The fourth-order valence-electron chi connectivity index (χ4n) is 3.66. The van der Waals surface area contributed by atoms with E-state index in [1.807, 2.05) is 59.5 Å². The average molecular weight is 445 g/mol. The second kappa shape index (κ2) is 10.7. The van der Waals surface area contributed by atoms with Crippen LogP contribution >= 0.6 is 0 Å². The van der Waals surface area contributed by atoms with Gasteiger partial charge in [0.1, 0.15) is 12.4 Å². The van der Waals surface area contributed by atoms with Crippen LogP contribution in [-0.2, 0) is 0 Å². The number of hydrogen-bond donors (Lipinski definition) is 1. The first-order chi connectivity index (χ1) is 16.1. The Morgan fingerprint density at radius 2 is 1.67 bits per heavy atom. The van der Waals surface area contributed by atoms with Gasteiger partial charge in [-0.3, -0.25) is 14.6 Å². The molecule has 0 atom stereocenters. The molecule has 1 aromatic heterocycles. The van der Waals surface area contributed by atoms with E-state index in [0.717, 1.165) is 37.5 Å². The number of carbonyl (C=O) groups excluding carboxylic acids is 2. The lowest BCUT2D eigenvalue weighted by Gasteiger charge is -2.32. The summed E-state index contributed by atoms with van der Waals surface area (Å²) in [4.78, 5) is 33.8. The number of benzene rings is 2. The van der Waals surface area contributed by atoms with Crippen molar-refractivity contribution in [2.45, 2.75) is 0 Å². The summed E-state index contributed by atoms with van der Waals surface area (Å²) in [5.41, 5.74) is 2.72. The molecule has 0 aliphatic carbocycles. The molecule has 1 aliphatic rings. The normalized spacial score (nSPS) is 14.0. The predicted molar refractivity (Wildman–Crippen MR) is 127 cm³/mol. The number of amides is 2. The van der Waals surface area contributed by atoms with Crippen LogP contribution in [0.4, 0.5) is 0 Å². The summed E-state index contributed by atoms with van der Waals surface area (Å²) < 4.78 is 5.60. The summed E-state index contributed by atoms with van der Waals surface area (Å²) >= 11 is 0. The predicted octanol–water partition coefficient (Wildman–Crippen LogP) is 2.95. The lowest BCUT2D eigenvalue weighted by molar-refractivity contribution is 0.0664. The second-order valence-corrected chi connectivity index (χ2v) is 8.02. The first kappa shape index (κ1) is 22.5. The number of nitrogens with zero attached hydrogens (tertiary/aromatic N) is 3. The van der Waals surface area contributed by atoms with Gasteiger partial charge in [-0.25, -0.2) is 0 Å². The van der Waals surface area contributed by atoms with Crippen molar-refractivity contribution in [1.82, 2.24) is 20.1 Å². The minimum absolute atomic E-state index is 0.0495. The van der Waals surface area contributed by atoms with E-state index < -0.39 is 0 Å². The van der Waals surface area contributed by atoms with Crippen LogP contribution in [0.1, 0.15) is 20.7 Å². The third-order valence-corrected chi connectivity index (χ3v) is 5.64. The maximum Gasteiger partial charge on any atom is 0.253 e. The molecule has 7 nitrogen and oxygen atoms in total. The summed E-state index contributed by atoms with van der Waals surface area (Å²) in [5, 5.41) is 2.87. The Bertz CT molecular complexity index is 1080. The van der Waals surface area contributed by atoms with Crippen molar-refractivity contribution in [2.24, 2.45) is 0 Å². The van der Waals surface area contributed by atoms with Gasteiger partial charge in [0, 0.05) is 49.1 Å². The van der Waals surface area contributed by atoms with Crippen molar-refractivity contribution >= 4 is 11.8 Å². The van der Waals surface area contributed by atoms with Crippen molar-refractivity contribution in [3.05, 3.63) is 84.1 Å². The van der Waals surface area contributed by atoms with Gasteiger partial charge in [0.25, 0.3) is 11.8 Å². The van der Waals surface area contributed by atoms with E-state index >= 15 is 0 Å². The topological polar surface area (TPSA) is 74.8 Å². The molecule has 1 N–H and O–H groups in total. The first-order valence-corrected chi connectivity index (χ1v) is 11.1. The van der Waals surface area contributed by atoms with E-state index in [-0.39, 0.29) is 11.8 Å². The quantitative estimate of drug-likeness (QED) is 0.567. The van der Waals surface area contributed by atoms with Gasteiger partial charge in [-0.05, 0) is 43.4 Å². The molecule has 0 saturated carbocycles. The Hall–Kier alpha value is -3.71. The van der Waals surface area contributed by atoms with Crippen LogP contribution in [0.3, 0.4) is 0 Å². The maximum atomic E-state index is 12.7. The molecule has 33 heavy (non-hydrogen) atoms. The van der Waals surface area contributed by atoms with Crippen LogP contribution in [0, 0.1) is 0 Å². The number of pyridine rings is 1. The van der Waals surface area contributed by atoms with E-state index in [9.17, 15) is 9.59 Å². The van der Waals surface area contributed by atoms with Gasteiger partial charge >= 0.3 is 0 Å². The zero-order chi connectivity index (χ0) is 23.0. The van der Waals surface area contributed by atoms with Gasteiger partial charge < -0.3 is 19.9 Å². The number of hydrogen-bond acceptors (Lipinski definition) is 5. The van der Waals surface area contributed by atoms with E-state index in [4.69, 9.17) is 4.74 Å². The Balaban J connectivity index is 1.34. The van der Waals surface area contributed by atoms with Crippen molar-refractivity contribution in [3.63, 3.8) is 0 Å². The summed E-state index contributed by atoms with van der Waals surface area (Å²) in [7, 11) is 2.07. The molecule has 1 saturated heterocycles. The Morgan fingerprint density at radius 1 is 0.939 bits per heavy atom. The van der Waals surface area contributed by atoms with Crippen LogP contribution in [0.5, 0.6) is 5.75 Å². The van der Waals surface area contributed by atoms with Crippen LogP contribution in [0.2, 0.25) is 0 Å². The Kier molecular flexibility index (Phi) is 7.32. The number of para-hydroxylation sites is 1.